The fraction of sp³-hybridized carbons (Fsp3) is 0.375. The third-order valence-corrected chi connectivity index (χ3v) is 3.08. The molecule has 0 saturated heterocycles. The summed E-state index contributed by atoms with van der Waals surface area (Å²) in [5.41, 5.74) is 1.76. The van der Waals surface area contributed by atoms with Crippen molar-refractivity contribution in [2.45, 2.75) is 17.8 Å². The lowest BCUT2D eigenvalue weighted by atomic mass is 9.91. The number of carboxylic acid groups (broad SMARTS) is 1. The monoisotopic (exact) mass is 255 g/mol. The minimum atomic E-state index is -5.06. The number of hydrogen-bond acceptors (Lipinski definition) is 4. The molecule has 0 aliphatic carbocycles. The van der Waals surface area contributed by atoms with E-state index < -0.39 is 28.7 Å². The zero-order chi connectivity index (χ0) is 12.6. The second-order valence-electron chi connectivity index (χ2n) is 3.08. The Morgan fingerprint density at radius 1 is 1.50 bits per heavy atom. The number of aliphatic carboxylic acids is 1. The molecular formula is C8H8F3NO3S. The van der Waals surface area contributed by atoms with Crippen LogP contribution in [-0.4, -0.2) is 28.5 Å². The Balaban J connectivity index is 3.29. The molecule has 1 aromatic heterocycles. The lowest BCUT2D eigenvalue weighted by Gasteiger charge is -2.32. The van der Waals surface area contributed by atoms with E-state index in [2.05, 4.69) is 0 Å². The van der Waals surface area contributed by atoms with Gasteiger partial charge < -0.3 is 15.9 Å². The van der Waals surface area contributed by atoms with Crippen LogP contribution < -0.4 is 5.73 Å². The van der Waals surface area contributed by atoms with Gasteiger partial charge in [0.15, 0.2) is 11.6 Å². The normalized spacial score (nSPS) is 17.8. The van der Waals surface area contributed by atoms with Gasteiger partial charge in [0.25, 0.3) is 0 Å². The summed E-state index contributed by atoms with van der Waals surface area (Å²) in [6.07, 6.45) is -7.80. The van der Waals surface area contributed by atoms with Crippen molar-refractivity contribution in [3.8, 4) is 0 Å². The number of halogens is 3. The number of aliphatic hydroxyl groups is 1. The first-order chi connectivity index (χ1) is 7.21. The molecule has 0 aliphatic heterocycles. The first kappa shape index (κ1) is 12.9. The molecule has 1 aromatic rings. The Hall–Kier alpha value is -1.12. The van der Waals surface area contributed by atoms with Crippen LogP contribution in [0.3, 0.4) is 0 Å². The molecule has 0 bridgehead atoms. The second kappa shape index (κ2) is 4.04. The predicted molar refractivity (Wildman–Crippen MR) is 49.9 cm³/mol. The van der Waals surface area contributed by atoms with E-state index in [1.807, 2.05) is 0 Å². The molecule has 16 heavy (non-hydrogen) atoms. The van der Waals surface area contributed by atoms with Crippen LogP contribution in [0.4, 0.5) is 13.2 Å². The molecule has 90 valence electrons. The standard InChI is InChI=1S/C8H8F3NO3S/c9-8(10,11)7(12,5(13)6(14)15)4-2-1-3-16-4/h1-3,5,13H,12H2,(H,14,15)/t5-,7-/m0/s1. The van der Waals surface area contributed by atoms with Gasteiger partial charge in [0.1, 0.15) is 0 Å². The molecule has 0 fully saturated rings. The maximum absolute atomic E-state index is 12.7. The third kappa shape index (κ3) is 1.91. The maximum Gasteiger partial charge on any atom is 0.414 e. The predicted octanol–water partition coefficient (Wildman–Crippen LogP) is 0.910. The van der Waals surface area contributed by atoms with Crippen LogP contribution in [0.1, 0.15) is 4.88 Å². The number of aliphatic hydroxyl groups excluding tert-OH is 1. The summed E-state index contributed by atoms with van der Waals surface area (Å²) in [6, 6.07) is 2.33. The van der Waals surface area contributed by atoms with Crippen molar-refractivity contribution in [3.63, 3.8) is 0 Å². The van der Waals surface area contributed by atoms with Crippen molar-refractivity contribution in [2.24, 2.45) is 5.73 Å². The highest BCUT2D eigenvalue weighted by atomic mass is 32.1. The second-order valence-corrected chi connectivity index (χ2v) is 4.03. The first-order valence-corrected chi connectivity index (χ1v) is 4.89. The SMILES string of the molecule is N[C@@](c1cccs1)([C@@H](O)C(=O)O)C(F)(F)F. The number of carboxylic acids is 1. The molecule has 0 spiro atoms. The van der Waals surface area contributed by atoms with E-state index >= 15 is 0 Å². The van der Waals surface area contributed by atoms with Crippen LogP contribution in [0.5, 0.6) is 0 Å². The van der Waals surface area contributed by atoms with Crippen LogP contribution in [-0.2, 0) is 10.3 Å². The molecular weight excluding hydrogens is 247 g/mol. The van der Waals surface area contributed by atoms with Gasteiger partial charge in [-0.05, 0) is 11.4 Å². The lowest BCUT2D eigenvalue weighted by Crippen LogP contribution is -2.60. The van der Waals surface area contributed by atoms with E-state index in [-0.39, 0.29) is 0 Å². The van der Waals surface area contributed by atoms with Gasteiger partial charge in [-0.15, -0.1) is 11.3 Å². The molecule has 8 heteroatoms. The van der Waals surface area contributed by atoms with E-state index in [0.29, 0.717) is 11.3 Å². The van der Waals surface area contributed by atoms with Crippen molar-refractivity contribution >= 4 is 17.3 Å². The van der Waals surface area contributed by atoms with E-state index in [9.17, 15) is 18.0 Å². The van der Waals surface area contributed by atoms with Crippen molar-refractivity contribution in [2.75, 3.05) is 0 Å². The summed E-state index contributed by atoms with van der Waals surface area (Å²) in [4.78, 5) is 10.0. The zero-order valence-electron chi connectivity index (χ0n) is 7.73. The fourth-order valence-corrected chi connectivity index (χ4v) is 2.02. The number of carbonyl (C=O) groups is 1. The average Bonchev–Trinajstić information content (AvgIpc) is 2.66. The van der Waals surface area contributed by atoms with Gasteiger partial charge in [0.05, 0.1) is 0 Å². The lowest BCUT2D eigenvalue weighted by molar-refractivity contribution is -0.220. The first-order valence-electron chi connectivity index (χ1n) is 4.01. The van der Waals surface area contributed by atoms with Crippen LogP contribution in [0.25, 0.3) is 0 Å². The summed E-state index contributed by atoms with van der Waals surface area (Å²) in [5.74, 6) is -2.02. The number of hydrogen-bond donors (Lipinski definition) is 3. The molecule has 4 N–H and O–H groups in total. The minimum Gasteiger partial charge on any atom is -0.479 e. The highest BCUT2D eigenvalue weighted by molar-refractivity contribution is 7.10. The molecule has 4 nitrogen and oxygen atoms in total. The maximum atomic E-state index is 12.7. The average molecular weight is 255 g/mol. The zero-order valence-corrected chi connectivity index (χ0v) is 8.55. The van der Waals surface area contributed by atoms with Crippen molar-refractivity contribution in [3.05, 3.63) is 22.4 Å². The van der Waals surface area contributed by atoms with Gasteiger partial charge in [0.2, 0.25) is 0 Å². The Bertz CT molecular complexity index is 378. The van der Waals surface area contributed by atoms with Crippen LogP contribution in [0.2, 0.25) is 0 Å². The van der Waals surface area contributed by atoms with Gasteiger partial charge in [-0.3, -0.25) is 0 Å². The van der Waals surface area contributed by atoms with Crippen LogP contribution in [0.15, 0.2) is 17.5 Å². The summed E-state index contributed by atoms with van der Waals surface area (Å²) >= 11 is 0.634. The highest BCUT2D eigenvalue weighted by Gasteiger charge is 2.61. The summed E-state index contributed by atoms with van der Waals surface area (Å²) < 4.78 is 38.2. The quantitative estimate of drug-likeness (QED) is 0.749. The largest absolute Gasteiger partial charge is 0.479 e. The summed E-state index contributed by atoms with van der Waals surface area (Å²) in [6.45, 7) is 0. The molecule has 2 atom stereocenters. The van der Waals surface area contributed by atoms with E-state index in [4.69, 9.17) is 15.9 Å². The molecule has 0 unspecified atom stereocenters. The number of alkyl halides is 3. The Morgan fingerprint density at radius 2 is 2.06 bits per heavy atom. The van der Waals surface area contributed by atoms with Crippen LogP contribution in [0, 0.1) is 0 Å². The van der Waals surface area contributed by atoms with Crippen molar-refractivity contribution in [1.29, 1.82) is 0 Å². The number of thiophene rings is 1. The topological polar surface area (TPSA) is 83.5 Å². The summed E-state index contributed by atoms with van der Waals surface area (Å²) in [7, 11) is 0. The summed E-state index contributed by atoms with van der Waals surface area (Å²) in [5, 5.41) is 18.9. The molecule has 1 heterocycles. The smallest absolute Gasteiger partial charge is 0.414 e. The van der Waals surface area contributed by atoms with Gasteiger partial charge >= 0.3 is 12.1 Å². The van der Waals surface area contributed by atoms with Gasteiger partial charge in [0, 0.05) is 4.88 Å². The van der Waals surface area contributed by atoms with Gasteiger partial charge in [-0.2, -0.15) is 13.2 Å². The Morgan fingerprint density at radius 3 is 2.38 bits per heavy atom. The van der Waals surface area contributed by atoms with Crippen molar-refractivity contribution in [1.82, 2.24) is 0 Å². The minimum absolute atomic E-state index is 0.449. The van der Waals surface area contributed by atoms with E-state index in [1.54, 1.807) is 0 Å². The molecule has 0 amide bonds. The molecule has 0 aliphatic rings. The molecule has 0 aromatic carbocycles. The molecule has 1 rings (SSSR count). The highest BCUT2D eigenvalue weighted by Crippen LogP contribution is 2.41. The van der Waals surface area contributed by atoms with Gasteiger partial charge in [-0.1, -0.05) is 6.07 Å². The number of nitrogens with two attached hydrogens (primary N) is 1. The molecule has 0 saturated carbocycles. The van der Waals surface area contributed by atoms with Crippen LogP contribution >= 0.6 is 11.3 Å². The third-order valence-electron chi connectivity index (χ3n) is 2.06. The Kier molecular flexibility index (Phi) is 3.27. The van der Waals surface area contributed by atoms with Gasteiger partial charge in [-0.25, -0.2) is 4.79 Å². The Labute approximate surface area is 92.1 Å². The number of rotatable bonds is 3. The van der Waals surface area contributed by atoms with E-state index in [1.165, 1.54) is 11.4 Å². The van der Waals surface area contributed by atoms with Crippen molar-refractivity contribution < 1.29 is 28.2 Å². The van der Waals surface area contributed by atoms with E-state index in [0.717, 1.165) is 6.07 Å². The molecule has 0 radical (unpaired) electrons. The fourth-order valence-electron chi connectivity index (χ4n) is 1.14.